The van der Waals surface area contributed by atoms with E-state index in [0.717, 1.165) is 19.6 Å². The topological polar surface area (TPSA) is 137 Å². The molecule has 1 saturated heterocycles. The van der Waals surface area contributed by atoms with Crippen molar-refractivity contribution >= 4 is 17.9 Å². The molecule has 0 amide bonds. The lowest BCUT2D eigenvalue weighted by molar-refractivity contribution is -0.210. The first kappa shape index (κ1) is 19.2. The van der Waals surface area contributed by atoms with Gasteiger partial charge in [0, 0.05) is 11.8 Å². The van der Waals surface area contributed by atoms with Gasteiger partial charge in [-0.3, -0.25) is 9.59 Å². The Morgan fingerprint density at radius 3 is 2.54 bits per heavy atom. The predicted molar refractivity (Wildman–Crippen MR) is 85.4 cm³/mol. The van der Waals surface area contributed by atoms with Crippen LogP contribution in [-0.4, -0.2) is 49.4 Å². The average molecular weight is 363 g/mol. The smallest absolute Gasteiger partial charge is 0.351 e. The normalized spacial score (nSPS) is 24.8. The van der Waals surface area contributed by atoms with Crippen LogP contribution in [0.4, 0.5) is 0 Å². The number of esters is 3. The zero-order valence-electron chi connectivity index (χ0n) is 14.1. The van der Waals surface area contributed by atoms with Crippen LogP contribution in [0.15, 0.2) is 35.4 Å². The number of hydrogen-bond acceptors (Lipinski definition) is 8. The quantitative estimate of drug-likeness (QED) is 0.244. The zero-order chi connectivity index (χ0) is 19.1. The van der Waals surface area contributed by atoms with Gasteiger partial charge in [0.25, 0.3) is 0 Å². The molecule has 0 unspecified atom stereocenters. The fraction of sp³-hybridized carbons (Fsp3) is 0.438. The highest BCUT2D eigenvalue weighted by atomic mass is 16.6. The summed E-state index contributed by atoms with van der Waals surface area (Å²) in [6.07, 6.45) is -4.07. The second-order valence-corrected chi connectivity index (χ2v) is 5.37. The SMILES string of the molecule is COC(=O)[C@H]1OC(=O)[C@@H](N=[N+]=[N-])[C@@H](OCc2ccccc2)[C@@H]1OC(C)=O. The highest BCUT2D eigenvalue weighted by Gasteiger charge is 2.52. The fourth-order valence-corrected chi connectivity index (χ4v) is 2.49. The van der Waals surface area contributed by atoms with E-state index in [1.807, 2.05) is 6.07 Å². The molecular weight excluding hydrogens is 346 g/mol. The molecule has 0 bridgehead atoms. The molecule has 1 aliphatic heterocycles. The second-order valence-electron chi connectivity index (χ2n) is 5.37. The number of hydrogen-bond donors (Lipinski definition) is 0. The van der Waals surface area contributed by atoms with E-state index in [9.17, 15) is 14.4 Å². The van der Waals surface area contributed by atoms with Crippen LogP contribution in [0.3, 0.4) is 0 Å². The number of cyclic esters (lactones) is 1. The van der Waals surface area contributed by atoms with E-state index in [4.69, 9.17) is 19.7 Å². The summed E-state index contributed by atoms with van der Waals surface area (Å²) in [5, 5.41) is 3.37. The molecule has 0 saturated carbocycles. The highest BCUT2D eigenvalue weighted by molar-refractivity contribution is 5.85. The molecule has 10 nitrogen and oxygen atoms in total. The van der Waals surface area contributed by atoms with Crippen molar-refractivity contribution in [2.24, 2.45) is 5.11 Å². The molecule has 0 aromatic heterocycles. The first-order chi connectivity index (χ1) is 12.5. The van der Waals surface area contributed by atoms with Crippen molar-refractivity contribution in [3.8, 4) is 0 Å². The lowest BCUT2D eigenvalue weighted by Gasteiger charge is -2.37. The third kappa shape index (κ3) is 4.50. The summed E-state index contributed by atoms with van der Waals surface area (Å²) in [5.74, 6) is -2.62. The van der Waals surface area contributed by atoms with Crippen molar-refractivity contribution in [3.63, 3.8) is 0 Å². The van der Waals surface area contributed by atoms with Gasteiger partial charge in [-0.05, 0) is 11.1 Å². The Bertz CT molecular complexity index is 718. The third-order valence-electron chi connectivity index (χ3n) is 3.61. The number of rotatable bonds is 6. The van der Waals surface area contributed by atoms with Crippen LogP contribution in [-0.2, 0) is 39.9 Å². The first-order valence-corrected chi connectivity index (χ1v) is 7.63. The summed E-state index contributed by atoms with van der Waals surface area (Å²) in [7, 11) is 1.10. The standard InChI is InChI=1S/C16H17N3O7/c1-9(20)25-13-12(24-8-10-6-4-3-5-7-10)11(18-19-17)15(21)26-14(13)16(22)23-2/h3-7,11-14H,8H2,1-2H3/t11-,12+,13-,14-/m0/s1. The first-order valence-electron chi connectivity index (χ1n) is 7.63. The van der Waals surface area contributed by atoms with E-state index >= 15 is 0 Å². The molecule has 26 heavy (non-hydrogen) atoms. The van der Waals surface area contributed by atoms with Crippen LogP contribution >= 0.6 is 0 Å². The molecule has 138 valence electrons. The van der Waals surface area contributed by atoms with E-state index in [0.29, 0.717) is 0 Å². The molecule has 0 N–H and O–H groups in total. The molecule has 1 aromatic carbocycles. The summed E-state index contributed by atoms with van der Waals surface area (Å²) in [5.41, 5.74) is 9.49. The van der Waals surface area contributed by atoms with Gasteiger partial charge in [-0.25, -0.2) is 4.79 Å². The Hall–Kier alpha value is -3.10. The van der Waals surface area contributed by atoms with E-state index < -0.39 is 42.3 Å². The number of azide groups is 1. The van der Waals surface area contributed by atoms with Crippen molar-refractivity contribution in [2.45, 2.75) is 37.9 Å². The van der Waals surface area contributed by atoms with Crippen LogP contribution in [0.2, 0.25) is 0 Å². The number of carbonyl (C=O) groups excluding carboxylic acids is 3. The van der Waals surface area contributed by atoms with Crippen LogP contribution in [0.5, 0.6) is 0 Å². The van der Waals surface area contributed by atoms with Gasteiger partial charge in [0.1, 0.15) is 6.10 Å². The summed E-state index contributed by atoms with van der Waals surface area (Å²) >= 11 is 0. The fourth-order valence-electron chi connectivity index (χ4n) is 2.49. The molecule has 0 spiro atoms. The van der Waals surface area contributed by atoms with Gasteiger partial charge in [0.05, 0.1) is 13.7 Å². The number of carbonyl (C=O) groups is 3. The number of methoxy groups -OCH3 is 1. The van der Waals surface area contributed by atoms with E-state index in [2.05, 4.69) is 14.8 Å². The van der Waals surface area contributed by atoms with Crippen molar-refractivity contribution in [1.29, 1.82) is 0 Å². The van der Waals surface area contributed by atoms with Gasteiger partial charge in [0.2, 0.25) is 6.10 Å². The minimum atomic E-state index is -1.53. The monoisotopic (exact) mass is 363 g/mol. The second kappa shape index (κ2) is 8.84. The molecule has 0 radical (unpaired) electrons. The van der Waals surface area contributed by atoms with Crippen LogP contribution in [0, 0.1) is 0 Å². The van der Waals surface area contributed by atoms with Gasteiger partial charge < -0.3 is 18.9 Å². The van der Waals surface area contributed by atoms with Gasteiger partial charge in [-0.2, -0.15) is 0 Å². The van der Waals surface area contributed by atoms with Gasteiger partial charge in [-0.15, -0.1) is 0 Å². The Kier molecular flexibility index (Phi) is 6.54. The Morgan fingerprint density at radius 1 is 1.27 bits per heavy atom. The lowest BCUT2D eigenvalue weighted by Crippen LogP contribution is -2.59. The Labute approximate surface area is 148 Å². The van der Waals surface area contributed by atoms with E-state index in [1.165, 1.54) is 0 Å². The molecule has 1 fully saturated rings. The molecule has 1 aromatic rings. The summed E-state index contributed by atoms with van der Waals surface area (Å²) in [6, 6.07) is 7.54. The molecule has 10 heteroatoms. The molecule has 1 aliphatic rings. The minimum Gasteiger partial charge on any atom is -0.466 e. The molecular formula is C16H17N3O7. The van der Waals surface area contributed by atoms with Crippen molar-refractivity contribution in [2.75, 3.05) is 7.11 Å². The molecule has 1 heterocycles. The number of ether oxygens (including phenoxy) is 4. The van der Waals surface area contributed by atoms with Crippen molar-refractivity contribution < 1.29 is 33.3 Å². The van der Waals surface area contributed by atoms with Gasteiger partial charge in [0.15, 0.2) is 12.1 Å². The van der Waals surface area contributed by atoms with Crippen molar-refractivity contribution in [1.82, 2.24) is 0 Å². The maximum absolute atomic E-state index is 12.2. The van der Waals surface area contributed by atoms with Gasteiger partial charge >= 0.3 is 17.9 Å². The summed E-state index contributed by atoms with van der Waals surface area (Å²) < 4.78 is 20.4. The summed E-state index contributed by atoms with van der Waals surface area (Å²) in [4.78, 5) is 38.2. The molecule has 2 rings (SSSR count). The van der Waals surface area contributed by atoms with E-state index in [1.54, 1.807) is 24.3 Å². The Balaban J connectivity index is 2.33. The minimum absolute atomic E-state index is 0.0297. The largest absolute Gasteiger partial charge is 0.466 e. The highest BCUT2D eigenvalue weighted by Crippen LogP contribution is 2.26. The molecule has 4 atom stereocenters. The van der Waals surface area contributed by atoms with Crippen molar-refractivity contribution in [3.05, 3.63) is 46.3 Å². The zero-order valence-corrected chi connectivity index (χ0v) is 14.1. The number of benzene rings is 1. The Morgan fingerprint density at radius 2 is 1.96 bits per heavy atom. The predicted octanol–water partition coefficient (Wildman–Crippen LogP) is 1.28. The third-order valence-corrected chi connectivity index (χ3v) is 3.61. The van der Waals surface area contributed by atoms with Crippen LogP contribution in [0.1, 0.15) is 12.5 Å². The summed E-state index contributed by atoms with van der Waals surface area (Å²) in [6.45, 7) is 1.16. The van der Waals surface area contributed by atoms with E-state index in [-0.39, 0.29) is 6.61 Å². The van der Waals surface area contributed by atoms with Crippen LogP contribution in [0.25, 0.3) is 10.4 Å². The maximum Gasteiger partial charge on any atom is 0.351 e. The van der Waals surface area contributed by atoms with Gasteiger partial charge in [-0.1, -0.05) is 35.4 Å². The maximum atomic E-state index is 12.2. The number of nitrogens with zero attached hydrogens (tertiary/aromatic N) is 3. The lowest BCUT2D eigenvalue weighted by atomic mass is 9.97. The molecule has 0 aliphatic carbocycles. The average Bonchev–Trinajstić information content (AvgIpc) is 2.63. The van der Waals surface area contributed by atoms with Crippen LogP contribution < -0.4 is 0 Å².